The first-order valence-electron chi connectivity index (χ1n) is 14.4. The third kappa shape index (κ3) is 7.21. The summed E-state index contributed by atoms with van der Waals surface area (Å²) in [6.45, 7) is 6.04. The molecule has 3 aromatic carbocycles. The smallest absolute Gasteiger partial charge is 0.254 e. The number of carbonyl (C=O) groups excluding carboxylic acids is 1. The van der Waals surface area contributed by atoms with Crippen LogP contribution in [0.2, 0.25) is 5.15 Å². The van der Waals surface area contributed by atoms with E-state index in [0.29, 0.717) is 22.6 Å². The molecule has 6 nitrogen and oxygen atoms in total. The van der Waals surface area contributed by atoms with Crippen LogP contribution >= 0.6 is 23.4 Å². The van der Waals surface area contributed by atoms with Gasteiger partial charge in [0, 0.05) is 63.2 Å². The van der Waals surface area contributed by atoms with E-state index in [9.17, 15) is 4.79 Å². The molecule has 1 amide bonds. The molecule has 2 aliphatic rings. The summed E-state index contributed by atoms with van der Waals surface area (Å²) in [6.07, 6.45) is 5.31. The van der Waals surface area contributed by atoms with Crippen molar-refractivity contribution in [2.75, 3.05) is 44.2 Å². The number of thioether (sulfide) groups is 1. The Kier molecular flexibility index (Phi) is 9.18. The number of piperazine rings is 1. The number of nitrogens with zero attached hydrogens (tertiary/aromatic N) is 5. The quantitative estimate of drug-likeness (QED) is 0.132. The van der Waals surface area contributed by atoms with Crippen LogP contribution in [0.3, 0.4) is 0 Å². The monoisotopic (exact) mass is 595 g/mol. The SMILES string of the molecule is O=C(c1cccc(CSc2nc(Cl)cc(N3CCN(CC=Cc4ccccc4)CC3)n2)c1)N1CCc2ccccc2C1. The Balaban J connectivity index is 1.03. The molecule has 2 aliphatic heterocycles. The van der Waals surface area contributed by atoms with Crippen LogP contribution in [0.15, 0.2) is 96.2 Å². The molecule has 0 aliphatic carbocycles. The predicted octanol–water partition coefficient (Wildman–Crippen LogP) is 6.46. The first-order chi connectivity index (χ1) is 20.6. The Morgan fingerprint density at radius 1 is 0.857 bits per heavy atom. The van der Waals surface area contributed by atoms with Crippen molar-refractivity contribution >= 4 is 41.2 Å². The van der Waals surface area contributed by atoms with Crippen LogP contribution in [0.25, 0.3) is 6.08 Å². The number of amides is 1. The summed E-state index contributed by atoms with van der Waals surface area (Å²) >= 11 is 7.98. The minimum atomic E-state index is 0.0762. The maximum atomic E-state index is 13.3. The van der Waals surface area contributed by atoms with Crippen molar-refractivity contribution < 1.29 is 4.79 Å². The number of anilines is 1. The molecule has 1 aromatic heterocycles. The number of benzene rings is 3. The van der Waals surface area contributed by atoms with Crippen molar-refractivity contribution in [1.82, 2.24) is 19.8 Å². The molecule has 3 heterocycles. The van der Waals surface area contributed by atoms with Crippen LogP contribution in [-0.2, 0) is 18.7 Å². The number of rotatable bonds is 8. The zero-order chi connectivity index (χ0) is 28.7. The fraction of sp³-hybridized carbons (Fsp3) is 0.265. The first-order valence-corrected chi connectivity index (χ1v) is 15.8. The molecule has 214 valence electrons. The third-order valence-corrected chi connectivity index (χ3v) is 8.90. The van der Waals surface area contributed by atoms with Gasteiger partial charge in [-0.05, 0) is 40.8 Å². The van der Waals surface area contributed by atoms with Gasteiger partial charge in [-0.25, -0.2) is 9.97 Å². The van der Waals surface area contributed by atoms with Gasteiger partial charge in [0.1, 0.15) is 11.0 Å². The molecule has 42 heavy (non-hydrogen) atoms. The van der Waals surface area contributed by atoms with Crippen molar-refractivity contribution in [3.63, 3.8) is 0 Å². The second kappa shape index (κ2) is 13.6. The van der Waals surface area contributed by atoms with Gasteiger partial charge in [0.2, 0.25) is 0 Å². The maximum Gasteiger partial charge on any atom is 0.254 e. The molecule has 0 unspecified atom stereocenters. The molecule has 1 fully saturated rings. The van der Waals surface area contributed by atoms with Gasteiger partial charge in [0.25, 0.3) is 5.91 Å². The normalized spacial score (nSPS) is 15.6. The van der Waals surface area contributed by atoms with E-state index >= 15 is 0 Å². The summed E-state index contributed by atoms with van der Waals surface area (Å²) in [5, 5.41) is 1.10. The minimum absolute atomic E-state index is 0.0762. The molecule has 0 N–H and O–H groups in total. The van der Waals surface area contributed by atoms with E-state index in [4.69, 9.17) is 16.6 Å². The number of fused-ring (bicyclic) bond motifs is 1. The standard InChI is InChI=1S/C34H34ClN5OS/c35-31-23-32(39-20-18-38(19-21-39)16-7-11-26-8-2-1-3-9-26)37-34(36-31)42-25-27-10-6-14-29(22-27)33(41)40-17-15-28-12-4-5-13-30(28)24-40/h1-14,22-23H,15-21,24-25H2. The average Bonchev–Trinajstić information content (AvgIpc) is 3.04. The average molecular weight is 596 g/mol. The van der Waals surface area contributed by atoms with Crippen molar-refractivity contribution in [3.05, 3.63) is 124 Å². The van der Waals surface area contributed by atoms with E-state index in [-0.39, 0.29) is 5.91 Å². The Bertz CT molecular complexity index is 1550. The Morgan fingerprint density at radius 3 is 2.48 bits per heavy atom. The van der Waals surface area contributed by atoms with Gasteiger partial charge < -0.3 is 9.80 Å². The molecular formula is C34H34ClN5OS. The lowest BCUT2D eigenvalue weighted by Gasteiger charge is -2.35. The molecule has 0 bridgehead atoms. The fourth-order valence-corrected chi connectivity index (χ4v) is 6.49. The van der Waals surface area contributed by atoms with Crippen molar-refractivity contribution in [2.24, 2.45) is 0 Å². The summed E-state index contributed by atoms with van der Waals surface area (Å²) in [7, 11) is 0. The zero-order valence-electron chi connectivity index (χ0n) is 23.5. The number of aromatic nitrogens is 2. The maximum absolute atomic E-state index is 13.3. The van der Waals surface area contributed by atoms with Gasteiger partial charge in [0.05, 0.1) is 0 Å². The molecule has 4 aromatic rings. The molecule has 0 atom stereocenters. The summed E-state index contributed by atoms with van der Waals surface area (Å²) in [5.41, 5.74) is 5.58. The van der Waals surface area contributed by atoms with Gasteiger partial charge in [-0.15, -0.1) is 0 Å². The lowest BCUT2D eigenvalue weighted by molar-refractivity contribution is 0.0734. The highest BCUT2D eigenvalue weighted by Crippen LogP contribution is 2.26. The van der Waals surface area contributed by atoms with Crippen molar-refractivity contribution in [1.29, 1.82) is 0 Å². The second-order valence-corrected chi connectivity index (χ2v) is 12.0. The number of hydrogen-bond donors (Lipinski definition) is 0. The topological polar surface area (TPSA) is 52.6 Å². The molecule has 1 saturated heterocycles. The Morgan fingerprint density at radius 2 is 1.64 bits per heavy atom. The first kappa shape index (κ1) is 28.5. The number of halogens is 1. The Labute approximate surface area is 257 Å². The van der Waals surface area contributed by atoms with E-state index in [0.717, 1.165) is 62.6 Å². The van der Waals surface area contributed by atoms with Crippen LogP contribution in [0.1, 0.15) is 32.6 Å². The van der Waals surface area contributed by atoms with Gasteiger partial charge in [0.15, 0.2) is 5.16 Å². The second-order valence-electron chi connectivity index (χ2n) is 10.7. The van der Waals surface area contributed by atoms with Gasteiger partial charge >= 0.3 is 0 Å². The van der Waals surface area contributed by atoms with Crippen LogP contribution in [-0.4, -0.2) is 64.9 Å². The zero-order valence-corrected chi connectivity index (χ0v) is 25.1. The van der Waals surface area contributed by atoms with Crippen LogP contribution in [0.4, 0.5) is 5.82 Å². The molecule has 0 saturated carbocycles. The molecular weight excluding hydrogens is 562 g/mol. The fourth-order valence-electron chi connectivity index (χ4n) is 5.47. The molecule has 8 heteroatoms. The summed E-state index contributed by atoms with van der Waals surface area (Å²) in [6, 6.07) is 28.5. The van der Waals surface area contributed by atoms with E-state index in [1.54, 1.807) is 11.8 Å². The highest BCUT2D eigenvalue weighted by molar-refractivity contribution is 7.98. The van der Waals surface area contributed by atoms with Gasteiger partial charge in [-0.3, -0.25) is 9.69 Å². The van der Waals surface area contributed by atoms with Crippen molar-refractivity contribution in [3.8, 4) is 0 Å². The lowest BCUT2D eigenvalue weighted by atomic mass is 9.99. The van der Waals surface area contributed by atoms with Crippen LogP contribution in [0.5, 0.6) is 0 Å². The number of hydrogen-bond acceptors (Lipinski definition) is 6. The highest BCUT2D eigenvalue weighted by atomic mass is 35.5. The summed E-state index contributed by atoms with van der Waals surface area (Å²) in [5.74, 6) is 1.60. The third-order valence-electron chi connectivity index (χ3n) is 7.79. The highest BCUT2D eigenvalue weighted by Gasteiger charge is 2.22. The molecule has 0 radical (unpaired) electrons. The summed E-state index contributed by atoms with van der Waals surface area (Å²) in [4.78, 5) is 29.3. The van der Waals surface area contributed by atoms with E-state index in [1.807, 2.05) is 47.4 Å². The van der Waals surface area contributed by atoms with Crippen LogP contribution in [0, 0.1) is 0 Å². The van der Waals surface area contributed by atoms with Gasteiger partial charge in [-0.2, -0.15) is 0 Å². The Hall–Kier alpha value is -3.65. The van der Waals surface area contributed by atoms with E-state index < -0.39 is 0 Å². The lowest BCUT2D eigenvalue weighted by Crippen LogP contribution is -2.46. The van der Waals surface area contributed by atoms with E-state index in [2.05, 4.69) is 69.4 Å². The molecule has 6 rings (SSSR count). The summed E-state index contributed by atoms with van der Waals surface area (Å²) < 4.78 is 0. The van der Waals surface area contributed by atoms with Crippen LogP contribution < -0.4 is 4.90 Å². The predicted molar refractivity (Wildman–Crippen MR) is 172 cm³/mol. The van der Waals surface area contributed by atoms with Crippen molar-refractivity contribution in [2.45, 2.75) is 23.9 Å². The molecule has 0 spiro atoms. The van der Waals surface area contributed by atoms with Gasteiger partial charge in [-0.1, -0.05) is 102 Å². The van der Waals surface area contributed by atoms with E-state index in [1.165, 1.54) is 16.7 Å². The largest absolute Gasteiger partial charge is 0.354 e. The number of carbonyl (C=O) groups is 1. The minimum Gasteiger partial charge on any atom is -0.354 e.